The van der Waals surface area contributed by atoms with E-state index in [1.54, 1.807) is 19.3 Å². The summed E-state index contributed by atoms with van der Waals surface area (Å²) in [5.41, 5.74) is 4.57. The third kappa shape index (κ3) is 3.81. The molecular formula is C21H19ClN6O2. The summed E-state index contributed by atoms with van der Waals surface area (Å²) in [6.07, 6.45) is 1.70. The average Bonchev–Trinajstić information content (AvgIpc) is 3.06. The van der Waals surface area contributed by atoms with E-state index in [-0.39, 0.29) is 12.3 Å². The Labute approximate surface area is 177 Å². The van der Waals surface area contributed by atoms with Crippen molar-refractivity contribution in [1.82, 2.24) is 29.8 Å². The van der Waals surface area contributed by atoms with E-state index < -0.39 is 0 Å². The van der Waals surface area contributed by atoms with Crippen molar-refractivity contribution in [3.8, 4) is 22.8 Å². The molecule has 0 radical (unpaired) electrons. The van der Waals surface area contributed by atoms with Crippen LogP contribution in [0.3, 0.4) is 0 Å². The zero-order chi connectivity index (χ0) is 21.3. The highest BCUT2D eigenvalue weighted by molar-refractivity contribution is 6.29. The Kier molecular flexibility index (Phi) is 5.33. The smallest absolute Gasteiger partial charge is 0.368 e. The summed E-state index contributed by atoms with van der Waals surface area (Å²) in [4.78, 5) is 21.0. The lowest BCUT2D eigenvalue weighted by Crippen LogP contribution is -2.23. The van der Waals surface area contributed by atoms with Crippen LogP contribution >= 0.6 is 11.6 Å². The summed E-state index contributed by atoms with van der Waals surface area (Å²) in [7, 11) is 1.56. The van der Waals surface area contributed by atoms with Gasteiger partial charge in [0, 0.05) is 29.9 Å². The Morgan fingerprint density at radius 1 is 1.07 bits per heavy atom. The fourth-order valence-corrected chi connectivity index (χ4v) is 3.26. The molecule has 0 saturated carbocycles. The van der Waals surface area contributed by atoms with Crippen molar-refractivity contribution in [2.24, 2.45) is 7.05 Å². The molecule has 0 amide bonds. The van der Waals surface area contributed by atoms with Gasteiger partial charge in [-0.25, -0.2) is 14.8 Å². The molecule has 0 spiro atoms. The molecule has 0 fully saturated rings. The van der Waals surface area contributed by atoms with Gasteiger partial charge in [0.25, 0.3) is 0 Å². The molecule has 30 heavy (non-hydrogen) atoms. The van der Waals surface area contributed by atoms with Crippen LogP contribution in [0.25, 0.3) is 16.9 Å². The standard InChI is InChI=1S/C21H19ClN6O2/c1-13-6-4-8-18(28-21(29)27(3)25-26-28)16(13)12-30-20-14(2)10-15(11-23-20)17-7-5-9-19(22)24-17/h4-11H,12H2,1-3H3. The topological polar surface area (TPSA) is 87.7 Å². The van der Waals surface area contributed by atoms with Gasteiger partial charge in [-0.2, -0.15) is 9.36 Å². The van der Waals surface area contributed by atoms with Gasteiger partial charge >= 0.3 is 5.69 Å². The van der Waals surface area contributed by atoms with E-state index in [1.165, 1.54) is 9.36 Å². The molecule has 0 aliphatic carbocycles. The van der Waals surface area contributed by atoms with Gasteiger partial charge in [-0.15, -0.1) is 0 Å². The second kappa shape index (κ2) is 8.08. The third-order valence-corrected chi connectivity index (χ3v) is 4.94. The van der Waals surface area contributed by atoms with Gasteiger partial charge in [-0.3, -0.25) is 0 Å². The lowest BCUT2D eigenvalue weighted by Gasteiger charge is -2.14. The highest BCUT2D eigenvalue weighted by atomic mass is 35.5. The van der Waals surface area contributed by atoms with Gasteiger partial charge < -0.3 is 4.74 Å². The SMILES string of the molecule is Cc1cc(-c2cccc(Cl)n2)cnc1OCc1c(C)cccc1-n1nnn(C)c1=O. The van der Waals surface area contributed by atoms with Crippen molar-refractivity contribution in [3.63, 3.8) is 0 Å². The fraction of sp³-hybridized carbons (Fsp3) is 0.190. The average molecular weight is 423 g/mol. The number of pyridine rings is 2. The molecule has 9 heteroatoms. The molecule has 4 rings (SSSR count). The number of aryl methyl sites for hydroxylation is 3. The Balaban J connectivity index is 1.61. The lowest BCUT2D eigenvalue weighted by molar-refractivity contribution is 0.290. The highest BCUT2D eigenvalue weighted by Crippen LogP contribution is 2.25. The zero-order valence-corrected chi connectivity index (χ0v) is 17.5. The maximum Gasteiger partial charge on any atom is 0.368 e. The van der Waals surface area contributed by atoms with E-state index in [9.17, 15) is 4.79 Å². The van der Waals surface area contributed by atoms with Gasteiger partial charge in [0.15, 0.2) is 0 Å². The molecule has 0 aliphatic heterocycles. The first-order valence-electron chi connectivity index (χ1n) is 9.24. The Morgan fingerprint density at radius 2 is 1.87 bits per heavy atom. The predicted molar refractivity (Wildman–Crippen MR) is 113 cm³/mol. The molecule has 0 saturated heterocycles. The van der Waals surface area contributed by atoms with Crippen LogP contribution in [0.4, 0.5) is 0 Å². The van der Waals surface area contributed by atoms with Gasteiger partial charge in [-0.1, -0.05) is 29.8 Å². The largest absolute Gasteiger partial charge is 0.473 e. The number of hydrogen-bond donors (Lipinski definition) is 0. The molecule has 8 nitrogen and oxygen atoms in total. The molecular weight excluding hydrogens is 404 g/mol. The van der Waals surface area contributed by atoms with E-state index in [0.717, 1.165) is 27.9 Å². The summed E-state index contributed by atoms with van der Waals surface area (Å²) in [6.45, 7) is 4.10. The zero-order valence-electron chi connectivity index (χ0n) is 16.7. The molecule has 0 bridgehead atoms. The van der Waals surface area contributed by atoms with E-state index in [2.05, 4.69) is 20.4 Å². The summed E-state index contributed by atoms with van der Waals surface area (Å²) in [5, 5.41) is 8.16. The molecule has 3 aromatic heterocycles. The minimum atomic E-state index is -0.325. The van der Waals surface area contributed by atoms with Crippen molar-refractivity contribution < 1.29 is 4.74 Å². The van der Waals surface area contributed by atoms with Crippen molar-refractivity contribution in [1.29, 1.82) is 0 Å². The predicted octanol–water partition coefficient (Wildman–Crippen LogP) is 3.27. The van der Waals surface area contributed by atoms with Crippen LogP contribution in [0.2, 0.25) is 5.15 Å². The third-order valence-electron chi connectivity index (χ3n) is 4.73. The normalized spacial score (nSPS) is 10.9. The number of aromatic nitrogens is 6. The monoisotopic (exact) mass is 422 g/mol. The van der Waals surface area contributed by atoms with Crippen LogP contribution < -0.4 is 10.4 Å². The minimum Gasteiger partial charge on any atom is -0.473 e. The highest BCUT2D eigenvalue weighted by Gasteiger charge is 2.14. The number of benzene rings is 1. The first-order valence-corrected chi connectivity index (χ1v) is 9.62. The molecule has 3 heterocycles. The van der Waals surface area contributed by atoms with Crippen LogP contribution in [-0.4, -0.2) is 29.8 Å². The second-order valence-corrected chi connectivity index (χ2v) is 7.24. The van der Waals surface area contributed by atoms with Crippen LogP contribution in [0, 0.1) is 13.8 Å². The van der Waals surface area contributed by atoms with Gasteiger partial charge in [0.2, 0.25) is 5.88 Å². The maximum absolute atomic E-state index is 12.3. The van der Waals surface area contributed by atoms with Crippen LogP contribution in [-0.2, 0) is 13.7 Å². The molecule has 0 aliphatic rings. The maximum atomic E-state index is 12.3. The lowest BCUT2D eigenvalue weighted by atomic mass is 10.1. The molecule has 0 atom stereocenters. The summed E-state index contributed by atoms with van der Waals surface area (Å²) < 4.78 is 8.44. The van der Waals surface area contributed by atoms with Crippen molar-refractivity contribution in [2.45, 2.75) is 20.5 Å². The minimum absolute atomic E-state index is 0.230. The van der Waals surface area contributed by atoms with Crippen molar-refractivity contribution in [2.75, 3.05) is 0 Å². The van der Waals surface area contributed by atoms with E-state index >= 15 is 0 Å². The number of ether oxygens (including phenoxy) is 1. The number of nitrogens with zero attached hydrogens (tertiary/aromatic N) is 6. The summed E-state index contributed by atoms with van der Waals surface area (Å²) >= 11 is 5.98. The van der Waals surface area contributed by atoms with E-state index in [1.807, 2.05) is 50.2 Å². The Hall–Kier alpha value is -3.52. The van der Waals surface area contributed by atoms with Gasteiger partial charge in [-0.05, 0) is 54.1 Å². The Bertz CT molecular complexity index is 1280. The second-order valence-electron chi connectivity index (χ2n) is 6.85. The van der Waals surface area contributed by atoms with Crippen LogP contribution in [0.15, 0.2) is 53.5 Å². The van der Waals surface area contributed by atoms with Gasteiger partial charge in [0.05, 0.1) is 11.4 Å². The van der Waals surface area contributed by atoms with Crippen LogP contribution in [0.5, 0.6) is 5.88 Å². The molecule has 0 N–H and O–H groups in total. The van der Waals surface area contributed by atoms with Crippen molar-refractivity contribution >= 4 is 11.6 Å². The number of hydrogen-bond acceptors (Lipinski definition) is 6. The number of halogens is 1. The quantitative estimate of drug-likeness (QED) is 0.459. The molecule has 0 unspecified atom stereocenters. The summed E-state index contributed by atoms with van der Waals surface area (Å²) in [5.74, 6) is 0.501. The van der Waals surface area contributed by atoms with Crippen molar-refractivity contribution in [3.05, 3.63) is 81.0 Å². The molecule has 4 aromatic rings. The summed E-state index contributed by atoms with van der Waals surface area (Å²) in [6, 6.07) is 13.0. The molecule has 1 aromatic carbocycles. The first-order chi connectivity index (χ1) is 14.4. The van der Waals surface area contributed by atoms with Crippen LogP contribution in [0.1, 0.15) is 16.7 Å². The fourth-order valence-electron chi connectivity index (χ4n) is 3.10. The van der Waals surface area contributed by atoms with E-state index in [0.29, 0.717) is 16.7 Å². The Morgan fingerprint density at radius 3 is 2.57 bits per heavy atom. The number of rotatable bonds is 5. The number of tetrazole rings is 1. The molecule has 152 valence electrons. The van der Waals surface area contributed by atoms with E-state index in [4.69, 9.17) is 16.3 Å². The van der Waals surface area contributed by atoms with Gasteiger partial charge in [0.1, 0.15) is 11.8 Å². The first kappa shape index (κ1) is 19.8.